The molecule has 30 heavy (non-hydrogen) atoms. The van der Waals surface area contributed by atoms with Crippen LogP contribution in [-0.2, 0) is 19.8 Å². The molecule has 1 aliphatic carbocycles. The summed E-state index contributed by atoms with van der Waals surface area (Å²) in [4.78, 5) is 9.12. The lowest BCUT2D eigenvalue weighted by molar-refractivity contribution is -0.197. The van der Waals surface area contributed by atoms with Crippen molar-refractivity contribution in [2.24, 2.45) is 0 Å². The van der Waals surface area contributed by atoms with E-state index < -0.39 is 5.60 Å². The Balaban J connectivity index is 1.65. The fraction of sp³-hybridized carbons (Fsp3) is 0.417. The van der Waals surface area contributed by atoms with Gasteiger partial charge < -0.3 is 14.2 Å². The second-order valence-corrected chi connectivity index (χ2v) is 8.31. The molecule has 2 atom stereocenters. The second-order valence-electron chi connectivity index (χ2n) is 7.98. The maximum absolute atomic E-state index is 6.75. The number of hydrogen-bond donors (Lipinski definition) is 0. The van der Waals surface area contributed by atoms with Crippen LogP contribution >= 0.6 is 11.6 Å². The van der Waals surface area contributed by atoms with Crippen molar-refractivity contribution in [1.29, 1.82) is 0 Å². The minimum Gasteiger partial charge on any atom is -0.358 e. The zero-order chi connectivity index (χ0) is 20.4. The van der Waals surface area contributed by atoms with E-state index >= 15 is 0 Å². The van der Waals surface area contributed by atoms with Crippen LogP contribution in [0.5, 0.6) is 0 Å². The van der Waals surface area contributed by atoms with Crippen LogP contribution in [0.15, 0.2) is 54.6 Å². The van der Waals surface area contributed by atoms with Crippen molar-refractivity contribution in [2.75, 3.05) is 13.2 Å². The van der Waals surface area contributed by atoms with Crippen molar-refractivity contribution in [2.45, 2.75) is 50.1 Å². The molecule has 0 N–H and O–H groups in total. The van der Waals surface area contributed by atoms with Crippen LogP contribution in [0.3, 0.4) is 0 Å². The Morgan fingerprint density at radius 1 is 0.967 bits per heavy atom. The summed E-state index contributed by atoms with van der Waals surface area (Å²) in [5.41, 5.74) is 1.64. The molecular formula is C24H25ClN2O3. The van der Waals surface area contributed by atoms with E-state index in [0.717, 1.165) is 60.9 Å². The Kier molecular flexibility index (Phi) is 5.70. The largest absolute Gasteiger partial charge is 0.358 e. The first-order chi connectivity index (χ1) is 14.7. The molecule has 2 aliphatic rings. The Bertz CT molecular complexity index is 1010. The van der Waals surface area contributed by atoms with Crippen LogP contribution in [0.25, 0.3) is 10.9 Å². The molecule has 6 heteroatoms. The van der Waals surface area contributed by atoms with Crippen molar-refractivity contribution in [1.82, 2.24) is 9.97 Å². The minimum atomic E-state index is -0.893. The molecular weight excluding hydrogens is 400 g/mol. The topological polar surface area (TPSA) is 53.5 Å². The Morgan fingerprint density at radius 3 is 2.53 bits per heavy atom. The minimum absolute atomic E-state index is 0.175. The maximum Gasteiger partial charge on any atom is 0.223 e. The molecule has 2 heterocycles. The van der Waals surface area contributed by atoms with E-state index in [-0.39, 0.29) is 17.7 Å². The van der Waals surface area contributed by atoms with E-state index in [1.165, 1.54) is 0 Å². The molecule has 0 amide bonds. The van der Waals surface area contributed by atoms with Crippen LogP contribution in [0.4, 0.5) is 0 Å². The number of halogens is 1. The molecule has 1 aromatic heterocycles. The van der Waals surface area contributed by atoms with Crippen molar-refractivity contribution < 1.29 is 14.2 Å². The van der Waals surface area contributed by atoms with Crippen LogP contribution in [0.1, 0.15) is 43.4 Å². The van der Waals surface area contributed by atoms with Crippen LogP contribution in [0, 0.1) is 0 Å². The molecule has 2 unspecified atom stereocenters. The summed E-state index contributed by atoms with van der Waals surface area (Å²) >= 11 is 6.38. The number of rotatable bonds is 7. The first-order valence-electron chi connectivity index (χ1n) is 10.6. The highest BCUT2D eigenvalue weighted by Crippen LogP contribution is 2.42. The lowest BCUT2D eigenvalue weighted by Crippen LogP contribution is -2.40. The summed E-state index contributed by atoms with van der Waals surface area (Å²) in [7, 11) is 0. The molecule has 3 aromatic rings. The third-order valence-corrected chi connectivity index (χ3v) is 5.87. The third kappa shape index (κ3) is 4.08. The Hall–Kier alpha value is -2.05. The molecule has 0 bridgehead atoms. The molecule has 1 saturated carbocycles. The van der Waals surface area contributed by atoms with E-state index in [2.05, 4.69) is 17.1 Å². The number of nitrogens with zero attached hydrogens (tertiary/aromatic N) is 2. The highest BCUT2D eigenvalue weighted by Gasteiger charge is 2.44. The molecule has 1 saturated heterocycles. The van der Waals surface area contributed by atoms with Gasteiger partial charge >= 0.3 is 0 Å². The average Bonchev–Trinajstić information content (AvgIpc) is 3.61. The van der Waals surface area contributed by atoms with Gasteiger partial charge in [-0.05, 0) is 55.3 Å². The average molecular weight is 425 g/mol. The lowest BCUT2D eigenvalue weighted by atomic mass is 9.88. The van der Waals surface area contributed by atoms with Gasteiger partial charge in [0.2, 0.25) is 5.28 Å². The van der Waals surface area contributed by atoms with Crippen LogP contribution in [-0.4, -0.2) is 35.6 Å². The second kappa shape index (κ2) is 8.60. The standard InChI is InChI=1S/C24H25ClN2O3/c25-23-26-20-11-5-4-10-19(20)22(27-23)24(30-18-13-14-18,17-8-2-1-3-9-17)16-29-21-12-6-7-15-28-21/h1-5,8-11,18,21H,6-7,12-16H2. The number of ether oxygens (including phenoxy) is 3. The molecule has 2 fully saturated rings. The van der Waals surface area contributed by atoms with Crippen LogP contribution < -0.4 is 0 Å². The highest BCUT2D eigenvalue weighted by molar-refractivity contribution is 6.28. The number of hydrogen-bond acceptors (Lipinski definition) is 5. The molecule has 5 rings (SSSR count). The number of benzene rings is 2. The molecule has 0 radical (unpaired) electrons. The summed E-state index contributed by atoms with van der Waals surface area (Å²) in [6.07, 6.45) is 5.08. The number of para-hydroxylation sites is 1. The predicted octanol–water partition coefficient (Wildman–Crippen LogP) is 5.25. The fourth-order valence-electron chi connectivity index (χ4n) is 4.03. The monoisotopic (exact) mass is 424 g/mol. The molecule has 1 aliphatic heterocycles. The van der Waals surface area contributed by atoms with Gasteiger partial charge in [0.05, 0.1) is 23.9 Å². The van der Waals surface area contributed by atoms with Gasteiger partial charge in [0.1, 0.15) is 0 Å². The van der Waals surface area contributed by atoms with Crippen molar-refractivity contribution in [3.8, 4) is 0 Å². The first kappa shape index (κ1) is 19.9. The predicted molar refractivity (Wildman–Crippen MR) is 115 cm³/mol. The maximum atomic E-state index is 6.75. The SMILES string of the molecule is Clc1nc(C(COC2CCCCO2)(OC2CC2)c2ccccc2)c2ccccc2n1. The van der Waals surface area contributed by atoms with Crippen molar-refractivity contribution in [3.63, 3.8) is 0 Å². The number of aromatic nitrogens is 2. The summed E-state index contributed by atoms with van der Waals surface area (Å²) in [6.45, 7) is 1.03. The zero-order valence-electron chi connectivity index (χ0n) is 16.8. The quantitative estimate of drug-likeness (QED) is 0.485. The molecule has 2 aromatic carbocycles. The van der Waals surface area contributed by atoms with E-state index in [1.807, 2.05) is 42.5 Å². The van der Waals surface area contributed by atoms with Crippen molar-refractivity contribution in [3.05, 3.63) is 71.1 Å². The van der Waals surface area contributed by atoms with Gasteiger partial charge in [-0.25, -0.2) is 9.97 Å². The zero-order valence-corrected chi connectivity index (χ0v) is 17.6. The van der Waals surface area contributed by atoms with Gasteiger partial charge in [-0.1, -0.05) is 48.5 Å². The summed E-state index contributed by atoms with van der Waals surface area (Å²) in [6, 6.07) is 18.1. The van der Waals surface area contributed by atoms with E-state index in [0.29, 0.717) is 6.61 Å². The smallest absolute Gasteiger partial charge is 0.223 e. The number of fused-ring (bicyclic) bond motifs is 1. The summed E-state index contributed by atoms with van der Waals surface area (Å²) in [5.74, 6) is 0. The first-order valence-corrected chi connectivity index (χ1v) is 11.0. The Labute approximate surface area is 181 Å². The van der Waals surface area contributed by atoms with Gasteiger partial charge in [0.15, 0.2) is 11.9 Å². The van der Waals surface area contributed by atoms with E-state index in [4.69, 9.17) is 30.8 Å². The van der Waals surface area contributed by atoms with Gasteiger partial charge in [0, 0.05) is 12.0 Å². The third-order valence-electron chi connectivity index (χ3n) is 5.70. The van der Waals surface area contributed by atoms with Crippen molar-refractivity contribution >= 4 is 22.5 Å². The Morgan fingerprint density at radius 2 is 1.77 bits per heavy atom. The van der Waals surface area contributed by atoms with Gasteiger partial charge in [-0.2, -0.15) is 0 Å². The van der Waals surface area contributed by atoms with E-state index in [9.17, 15) is 0 Å². The van der Waals surface area contributed by atoms with Gasteiger partial charge in [-0.3, -0.25) is 0 Å². The highest BCUT2D eigenvalue weighted by atomic mass is 35.5. The van der Waals surface area contributed by atoms with Gasteiger partial charge in [0.25, 0.3) is 0 Å². The lowest BCUT2D eigenvalue weighted by Gasteiger charge is -2.36. The molecule has 156 valence electrons. The fourth-order valence-corrected chi connectivity index (χ4v) is 4.21. The van der Waals surface area contributed by atoms with E-state index in [1.54, 1.807) is 0 Å². The van der Waals surface area contributed by atoms with Gasteiger partial charge in [-0.15, -0.1) is 0 Å². The molecule has 5 nitrogen and oxygen atoms in total. The summed E-state index contributed by atoms with van der Waals surface area (Å²) < 4.78 is 18.9. The summed E-state index contributed by atoms with van der Waals surface area (Å²) in [5, 5.41) is 1.12. The van der Waals surface area contributed by atoms with Crippen LogP contribution in [0.2, 0.25) is 5.28 Å². The molecule has 0 spiro atoms. The normalized spacial score (nSPS) is 21.4.